The van der Waals surface area contributed by atoms with E-state index in [2.05, 4.69) is 6.07 Å². The molecular weight excluding hydrogens is 252 g/mol. The summed E-state index contributed by atoms with van der Waals surface area (Å²) in [4.78, 5) is 10.7. The molecule has 1 heterocycles. The van der Waals surface area contributed by atoms with Gasteiger partial charge in [0.05, 0.1) is 12.7 Å². The first-order chi connectivity index (χ1) is 9.63. The van der Waals surface area contributed by atoms with E-state index in [1.165, 1.54) is 0 Å². The van der Waals surface area contributed by atoms with Gasteiger partial charge in [0, 0.05) is 5.39 Å². The van der Waals surface area contributed by atoms with Gasteiger partial charge in [-0.1, -0.05) is 30.3 Å². The van der Waals surface area contributed by atoms with E-state index in [1.807, 2.05) is 43.3 Å². The van der Waals surface area contributed by atoms with Gasteiger partial charge in [-0.25, -0.2) is 0 Å². The van der Waals surface area contributed by atoms with Crippen LogP contribution in [0.1, 0.15) is 11.1 Å². The molecule has 0 saturated heterocycles. The molecule has 2 aromatic carbocycles. The largest absolute Gasteiger partial charge is 0.481 e. The summed E-state index contributed by atoms with van der Waals surface area (Å²) in [6, 6.07) is 13.7. The SMILES string of the molecule is Cc1coc2ccc(-c3ccc(CC(=O)O)cc3)cc12. The number of furan rings is 1. The summed E-state index contributed by atoms with van der Waals surface area (Å²) < 4.78 is 5.44. The predicted molar refractivity (Wildman–Crippen MR) is 77.7 cm³/mol. The molecule has 0 bridgehead atoms. The molecule has 0 spiro atoms. The monoisotopic (exact) mass is 266 g/mol. The molecule has 0 aliphatic carbocycles. The Morgan fingerprint density at radius 1 is 1.10 bits per heavy atom. The van der Waals surface area contributed by atoms with E-state index < -0.39 is 5.97 Å². The van der Waals surface area contributed by atoms with E-state index in [-0.39, 0.29) is 6.42 Å². The van der Waals surface area contributed by atoms with Gasteiger partial charge in [0.1, 0.15) is 5.58 Å². The van der Waals surface area contributed by atoms with E-state index in [1.54, 1.807) is 6.26 Å². The maximum absolute atomic E-state index is 10.7. The highest BCUT2D eigenvalue weighted by molar-refractivity contribution is 5.86. The Kier molecular flexibility index (Phi) is 3.03. The number of carboxylic acids is 1. The second-order valence-electron chi connectivity index (χ2n) is 4.90. The first-order valence-corrected chi connectivity index (χ1v) is 6.42. The fourth-order valence-corrected chi connectivity index (χ4v) is 2.33. The van der Waals surface area contributed by atoms with Crippen molar-refractivity contribution in [3.05, 3.63) is 59.9 Å². The van der Waals surface area contributed by atoms with E-state index in [4.69, 9.17) is 9.52 Å². The second-order valence-corrected chi connectivity index (χ2v) is 4.90. The Bertz CT molecular complexity index is 767. The highest BCUT2D eigenvalue weighted by atomic mass is 16.4. The molecule has 0 fully saturated rings. The zero-order valence-electron chi connectivity index (χ0n) is 11.1. The molecule has 3 rings (SSSR count). The molecule has 0 unspecified atom stereocenters. The number of carbonyl (C=O) groups is 1. The van der Waals surface area contributed by atoms with E-state index in [0.717, 1.165) is 33.2 Å². The van der Waals surface area contributed by atoms with Crippen molar-refractivity contribution in [2.45, 2.75) is 13.3 Å². The molecule has 1 aromatic heterocycles. The van der Waals surface area contributed by atoms with Crippen LogP contribution in [0.2, 0.25) is 0 Å². The molecule has 1 N–H and O–H groups in total. The summed E-state index contributed by atoms with van der Waals surface area (Å²) in [5.74, 6) is -0.812. The minimum absolute atomic E-state index is 0.0557. The standard InChI is InChI=1S/C17H14O3/c1-11-10-20-16-7-6-14(9-15(11)16)13-4-2-12(3-5-13)8-17(18)19/h2-7,9-10H,8H2,1H3,(H,18,19). The first kappa shape index (κ1) is 12.5. The van der Waals surface area contributed by atoms with E-state index in [0.29, 0.717) is 0 Å². The van der Waals surface area contributed by atoms with Gasteiger partial charge >= 0.3 is 5.97 Å². The number of hydrogen-bond donors (Lipinski definition) is 1. The lowest BCUT2D eigenvalue weighted by molar-refractivity contribution is -0.136. The zero-order valence-corrected chi connectivity index (χ0v) is 11.1. The third-order valence-electron chi connectivity index (χ3n) is 3.41. The predicted octanol–water partition coefficient (Wildman–Crippen LogP) is 4.04. The lowest BCUT2D eigenvalue weighted by Crippen LogP contribution is -1.99. The van der Waals surface area contributed by atoms with Crippen LogP contribution in [0.25, 0.3) is 22.1 Å². The lowest BCUT2D eigenvalue weighted by atomic mass is 10.0. The number of carboxylic acid groups (broad SMARTS) is 1. The van der Waals surface area contributed by atoms with Crippen LogP contribution >= 0.6 is 0 Å². The van der Waals surface area contributed by atoms with Crippen molar-refractivity contribution in [3.63, 3.8) is 0 Å². The van der Waals surface area contributed by atoms with Crippen LogP contribution in [-0.4, -0.2) is 11.1 Å². The minimum atomic E-state index is -0.812. The molecule has 0 atom stereocenters. The number of rotatable bonds is 3. The summed E-state index contributed by atoms with van der Waals surface area (Å²) in [5.41, 5.74) is 4.98. The molecule has 0 amide bonds. The molecule has 3 nitrogen and oxygen atoms in total. The average Bonchev–Trinajstić information content (AvgIpc) is 2.80. The molecular formula is C17H14O3. The molecule has 0 aliphatic rings. The van der Waals surface area contributed by atoms with Crippen molar-refractivity contribution < 1.29 is 14.3 Å². The molecule has 3 heteroatoms. The van der Waals surface area contributed by atoms with Crippen LogP contribution < -0.4 is 0 Å². The molecule has 100 valence electrons. The Morgan fingerprint density at radius 3 is 2.50 bits per heavy atom. The number of hydrogen-bond acceptors (Lipinski definition) is 2. The van der Waals surface area contributed by atoms with E-state index in [9.17, 15) is 4.79 Å². The Morgan fingerprint density at radius 2 is 1.80 bits per heavy atom. The van der Waals surface area contributed by atoms with Crippen LogP contribution in [0.5, 0.6) is 0 Å². The first-order valence-electron chi connectivity index (χ1n) is 6.42. The fraction of sp³-hybridized carbons (Fsp3) is 0.118. The van der Waals surface area contributed by atoms with Crippen molar-refractivity contribution >= 4 is 16.9 Å². The van der Waals surface area contributed by atoms with Crippen molar-refractivity contribution in [1.82, 2.24) is 0 Å². The van der Waals surface area contributed by atoms with Crippen LogP contribution in [0.4, 0.5) is 0 Å². The number of benzene rings is 2. The van der Waals surface area contributed by atoms with Gasteiger partial charge in [-0.3, -0.25) is 4.79 Å². The zero-order chi connectivity index (χ0) is 14.1. The number of aryl methyl sites for hydroxylation is 1. The minimum Gasteiger partial charge on any atom is -0.481 e. The van der Waals surface area contributed by atoms with Crippen molar-refractivity contribution in [2.24, 2.45) is 0 Å². The van der Waals surface area contributed by atoms with Gasteiger partial charge in [0.2, 0.25) is 0 Å². The van der Waals surface area contributed by atoms with Crippen LogP contribution in [0, 0.1) is 6.92 Å². The van der Waals surface area contributed by atoms with Gasteiger partial charge < -0.3 is 9.52 Å². The van der Waals surface area contributed by atoms with Crippen molar-refractivity contribution in [1.29, 1.82) is 0 Å². The Labute approximate surface area is 116 Å². The number of fused-ring (bicyclic) bond motifs is 1. The van der Waals surface area contributed by atoms with Gasteiger partial charge in [0.15, 0.2) is 0 Å². The molecule has 0 saturated carbocycles. The molecule has 0 aliphatic heterocycles. The maximum Gasteiger partial charge on any atom is 0.307 e. The van der Waals surface area contributed by atoms with Crippen molar-refractivity contribution in [3.8, 4) is 11.1 Å². The van der Waals surface area contributed by atoms with Gasteiger partial charge in [-0.2, -0.15) is 0 Å². The van der Waals surface area contributed by atoms with Crippen LogP contribution in [-0.2, 0) is 11.2 Å². The average molecular weight is 266 g/mol. The second kappa shape index (κ2) is 4.85. The van der Waals surface area contributed by atoms with Gasteiger partial charge in [0.25, 0.3) is 0 Å². The number of aliphatic carboxylic acids is 1. The van der Waals surface area contributed by atoms with Gasteiger partial charge in [-0.15, -0.1) is 0 Å². The highest BCUT2D eigenvalue weighted by Gasteiger charge is 2.05. The third-order valence-corrected chi connectivity index (χ3v) is 3.41. The van der Waals surface area contributed by atoms with Gasteiger partial charge in [-0.05, 0) is 41.3 Å². The van der Waals surface area contributed by atoms with E-state index >= 15 is 0 Å². The van der Waals surface area contributed by atoms with Crippen LogP contribution in [0.15, 0.2) is 53.1 Å². The lowest BCUT2D eigenvalue weighted by Gasteiger charge is -2.04. The summed E-state index contributed by atoms with van der Waals surface area (Å²) >= 11 is 0. The Hall–Kier alpha value is -2.55. The summed E-state index contributed by atoms with van der Waals surface area (Å²) in [6.07, 6.45) is 1.81. The fourth-order valence-electron chi connectivity index (χ4n) is 2.33. The summed E-state index contributed by atoms with van der Waals surface area (Å²) in [7, 11) is 0. The molecule has 0 radical (unpaired) electrons. The maximum atomic E-state index is 10.7. The normalized spacial score (nSPS) is 10.8. The third kappa shape index (κ3) is 2.30. The van der Waals surface area contributed by atoms with Crippen molar-refractivity contribution in [2.75, 3.05) is 0 Å². The topological polar surface area (TPSA) is 50.4 Å². The Balaban J connectivity index is 1.97. The molecule has 20 heavy (non-hydrogen) atoms. The summed E-state index contributed by atoms with van der Waals surface area (Å²) in [6.45, 7) is 2.02. The quantitative estimate of drug-likeness (QED) is 0.778. The summed E-state index contributed by atoms with van der Waals surface area (Å²) in [5, 5.41) is 9.88. The molecule has 3 aromatic rings. The smallest absolute Gasteiger partial charge is 0.307 e. The highest BCUT2D eigenvalue weighted by Crippen LogP contribution is 2.27. The van der Waals surface area contributed by atoms with Crippen LogP contribution in [0.3, 0.4) is 0 Å².